The highest BCUT2D eigenvalue weighted by Crippen LogP contribution is 2.37. The Kier molecular flexibility index (Phi) is 7.99. The molecule has 12 nitrogen and oxygen atoms in total. The van der Waals surface area contributed by atoms with Crippen molar-refractivity contribution >= 4 is 23.8 Å². The summed E-state index contributed by atoms with van der Waals surface area (Å²) in [5.41, 5.74) is -2.34. The van der Waals surface area contributed by atoms with E-state index in [2.05, 4.69) is 14.8 Å². The lowest BCUT2D eigenvalue weighted by Gasteiger charge is -2.43. The van der Waals surface area contributed by atoms with Gasteiger partial charge in [-0.05, 0) is 19.9 Å². The first-order valence-corrected chi connectivity index (χ1v) is 9.80. The molecule has 0 radical (unpaired) electrons. The maximum atomic E-state index is 12.9. The molecule has 1 amide bonds. The van der Waals surface area contributed by atoms with E-state index in [1.165, 1.54) is 13.0 Å². The predicted octanol–water partition coefficient (Wildman–Crippen LogP) is -1.17. The van der Waals surface area contributed by atoms with Crippen molar-refractivity contribution in [3.05, 3.63) is 12.2 Å². The zero-order valence-corrected chi connectivity index (χ0v) is 18.8. The van der Waals surface area contributed by atoms with Crippen LogP contribution in [0.5, 0.6) is 0 Å². The van der Waals surface area contributed by atoms with Gasteiger partial charge in [0, 0.05) is 6.92 Å². The van der Waals surface area contributed by atoms with Crippen LogP contribution in [0.15, 0.2) is 12.2 Å². The third-order valence-electron chi connectivity index (χ3n) is 5.16. The monoisotopic (exact) mass is 459 g/mol. The number of ether oxygens (including phenoxy) is 6. The molecule has 1 saturated heterocycles. The topological polar surface area (TPSA) is 156 Å². The summed E-state index contributed by atoms with van der Waals surface area (Å²) in [6.07, 6.45) is -1.25. The fraction of sp³-hybridized carbons (Fsp3) is 0.700. The maximum Gasteiger partial charge on any atom is 0.343 e. The molecule has 0 aliphatic carbocycles. The minimum absolute atomic E-state index is 0.00676. The normalized spacial score (nSPS) is 29.8. The van der Waals surface area contributed by atoms with Gasteiger partial charge in [0.1, 0.15) is 18.3 Å². The van der Waals surface area contributed by atoms with Crippen molar-refractivity contribution in [2.75, 3.05) is 27.9 Å². The Hall–Kier alpha value is -2.54. The van der Waals surface area contributed by atoms with E-state index in [9.17, 15) is 24.3 Å². The van der Waals surface area contributed by atoms with E-state index in [0.29, 0.717) is 0 Å². The van der Waals surface area contributed by atoms with Crippen LogP contribution in [-0.4, -0.2) is 92.6 Å². The molecular weight excluding hydrogens is 430 g/mol. The van der Waals surface area contributed by atoms with E-state index in [0.717, 1.165) is 27.4 Å². The van der Waals surface area contributed by atoms with Crippen molar-refractivity contribution in [2.45, 2.75) is 56.5 Å². The van der Waals surface area contributed by atoms with Gasteiger partial charge in [-0.2, -0.15) is 0 Å². The first-order chi connectivity index (χ1) is 14.9. The molecule has 5 atom stereocenters. The Bertz CT molecular complexity index is 764. The van der Waals surface area contributed by atoms with Crippen LogP contribution >= 0.6 is 0 Å². The van der Waals surface area contributed by atoms with Gasteiger partial charge in [0.2, 0.25) is 11.5 Å². The molecule has 0 bridgehead atoms. The van der Waals surface area contributed by atoms with Gasteiger partial charge in [-0.25, -0.2) is 4.79 Å². The molecular formula is C20H29NO11. The molecule has 0 saturated carbocycles. The van der Waals surface area contributed by atoms with Crippen LogP contribution in [0.2, 0.25) is 0 Å². The van der Waals surface area contributed by atoms with Crippen LogP contribution in [0.4, 0.5) is 0 Å². The number of carbonyl (C=O) groups excluding carboxylic acids is 4. The second kappa shape index (κ2) is 9.94. The number of amides is 1. The van der Waals surface area contributed by atoms with Crippen molar-refractivity contribution < 1.29 is 52.7 Å². The minimum Gasteiger partial charge on any atom is -0.468 e. The molecule has 0 aromatic carbocycles. The molecule has 2 heterocycles. The van der Waals surface area contributed by atoms with E-state index in [4.69, 9.17) is 18.9 Å². The summed E-state index contributed by atoms with van der Waals surface area (Å²) in [6.45, 7) is 4.54. The molecule has 0 aromatic rings. The average molecular weight is 459 g/mol. The summed E-state index contributed by atoms with van der Waals surface area (Å²) in [5, 5.41) is 13.6. The molecule has 0 spiro atoms. The molecule has 1 fully saturated rings. The Morgan fingerprint density at radius 2 is 1.66 bits per heavy atom. The minimum atomic E-state index is -2.34. The zero-order chi connectivity index (χ0) is 24.3. The van der Waals surface area contributed by atoms with Gasteiger partial charge in [-0.1, -0.05) is 6.08 Å². The fourth-order valence-corrected chi connectivity index (χ4v) is 3.68. The van der Waals surface area contributed by atoms with E-state index in [1.807, 2.05) is 0 Å². The number of esters is 3. The lowest BCUT2D eigenvalue weighted by molar-refractivity contribution is -0.214. The molecule has 12 heteroatoms. The second-order valence-electron chi connectivity index (χ2n) is 7.79. The summed E-state index contributed by atoms with van der Waals surface area (Å²) in [4.78, 5) is 49.6. The Morgan fingerprint density at radius 1 is 1.06 bits per heavy atom. The molecule has 2 rings (SSSR count). The first kappa shape index (κ1) is 25.7. The molecule has 32 heavy (non-hydrogen) atoms. The van der Waals surface area contributed by atoms with Gasteiger partial charge in [0.25, 0.3) is 0 Å². The van der Waals surface area contributed by atoms with E-state index in [-0.39, 0.29) is 6.61 Å². The summed E-state index contributed by atoms with van der Waals surface area (Å²) < 4.78 is 31.3. The summed E-state index contributed by atoms with van der Waals surface area (Å²) in [6, 6.07) is -0.941. The zero-order valence-electron chi connectivity index (χ0n) is 18.8. The van der Waals surface area contributed by atoms with Crippen LogP contribution in [0.3, 0.4) is 0 Å². The molecule has 180 valence electrons. The molecule has 0 unspecified atom stereocenters. The number of hydrogen-bond donors (Lipinski definition) is 2. The Balaban J connectivity index is 2.56. The highest BCUT2D eigenvalue weighted by molar-refractivity contribution is 6.03. The number of hydrogen-bond acceptors (Lipinski definition) is 11. The number of carbonyl (C=O) groups is 4. The lowest BCUT2D eigenvalue weighted by Crippen LogP contribution is -2.64. The summed E-state index contributed by atoms with van der Waals surface area (Å²) in [5.74, 6) is -6.71. The summed E-state index contributed by atoms with van der Waals surface area (Å²) in [7, 11) is 3.08. The van der Waals surface area contributed by atoms with Crippen molar-refractivity contribution in [3.8, 4) is 0 Å². The smallest absolute Gasteiger partial charge is 0.343 e. The van der Waals surface area contributed by atoms with Crippen LogP contribution in [-0.2, 0) is 47.6 Å². The SMILES string of the molecule is COC(=O)C(C(=O)OC)[C@]1(C(=O)OC)C=C[C@@H](NC(C)=O)[C@H]([C@H](O)[C@H]2COC(C)(C)O2)O1. The van der Waals surface area contributed by atoms with Crippen molar-refractivity contribution in [1.29, 1.82) is 0 Å². The standard InChI is InChI=1S/C20H29NO11/c1-10(22)21-11-7-8-20(18(26)29-6,13(16(24)27-4)17(25)28-5)32-15(11)14(23)12-9-30-19(2,3)31-12/h7-8,11-15,23H,9H2,1-6H3,(H,21,22)/t11-,12-,14-,15-,20+/m1/s1. The lowest BCUT2D eigenvalue weighted by atomic mass is 9.82. The number of nitrogens with one attached hydrogen (secondary N) is 1. The molecule has 2 aliphatic heterocycles. The van der Waals surface area contributed by atoms with Gasteiger partial charge < -0.3 is 38.8 Å². The quantitative estimate of drug-likeness (QED) is 0.205. The Morgan fingerprint density at radius 3 is 2.09 bits per heavy atom. The van der Waals surface area contributed by atoms with Crippen LogP contribution < -0.4 is 5.32 Å². The maximum absolute atomic E-state index is 12.9. The summed E-state index contributed by atoms with van der Waals surface area (Å²) >= 11 is 0. The van der Waals surface area contributed by atoms with Gasteiger partial charge in [0.05, 0.1) is 34.0 Å². The van der Waals surface area contributed by atoms with E-state index in [1.54, 1.807) is 13.8 Å². The van der Waals surface area contributed by atoms with E-state index >= 15 is 0 Å². The number of rotatable bonds is 7. The third kappa shape index (κ3) is 5.09. The van der Waals surface area contributed by atoms with Gasteiger partial charge in [-0.15, -0.1) is 0 Å². The van der Waals surface area contributed by atoms with Crippen molar-refractivity contribution in [2.24, 2.45) is 5.92 Å². The molecule has 2 aliphatic rings. The van der Waals surface area contributed by atoms with Crippen LogP contribution in [0, 0.1) is 5.92 Å². The van der Waals surface area contributed by atoms with Gasteiger partial charge >= 0.3 is 17.9 Å². The highest BCUT2D eigenvalue weighted by atomic mass is 16.7. The van der Waals surface area contributed by atoms with Crippen molar-refractivity contribution in [3.63, 3.8) is 0 Å². The van der Waals surface area contributed by atoms with E-state index < -0.39 is 65.5 Å². The second-order valence-corrected chi connectivity index (χ2v) is 7.79. The molecule has 0 aromatic heterocycles. The third-order valence-corrected chi connectivity index (χ3v) is 5.16. The average Bonchev–Trinajstić information content (AvgIpc) is 3.12. The fourth-order valence-electron chi connectivity index (χ4n) is 3.68. The Labute approximate surface area is 185 Å². The number of aliphatic hydroxyl groups excluding tert-OH is 1. The number of aliphatic hydroxyl groups is 1. The first-order valence-electron chi connectivity index (χ1n) is 9.80. The largest absolute Gasteiger partial charge is 0.468 e. The molecule has 2 N–H and O–H groups in total. The number of methoxy groups -OCH3 is 3. The van der Waals surface area contributed by atoms with Crippen molar-refractivity contribution in [1.82, 2.24) is 5.32 Å². The van der Waals surface area contributed by atoms with Gasteiger partial charge in [0.15, 0.2) is 11.7 Å². The van der Waals surface area contributed by atoms with Gasteiger partial charge in [-0.3, -0.25) is 14.4 Å². The predicted molar refractivity (Wildman–Crippen MR) is 105 cm³/mol. The van der Waals surface area contributed by atoms with Crippen LogP contribution in [0.25, 0.3) is 0 Å². The van der Waals surface area contributed by atoms with Crippen LogP contribution in [0.1, 0.15) is 20.8 Å². The highest BCUT2D eigenvalue weighted by Gasteiger charge is 2.60.